The van der Waals surface area contributed by atoms with Gasteiger partial charge < -0.3 is 10.6 Å². The number of rotatable bonds is 4. The van der Waals surface area contributed by atoms with E-state index in [1.165, 1.54) is 12.1 Å². The van der Waals surface area contributed by atoms with E-state index in [1.807, 2.05) is 14.0 Å². The second-order valence-corrected chi connectivity index (χ2v) is 6.44. The maximum Gasteiger partial charge on any atom is 0.227 e. The standard InChI is InChI=1S/C17H25FN2O.ClH/c1-17(19)11-4-3-5-15(17)16(21)20(2)12-10-13-6-8-14(18)9-7-13;/h6-9,15H,3-5,10-12,19H2,1-2H3;1H. The molecule has 0 spiro atoms. The first-order chi connectivity index (χ1) is 9.90. The van der Waals surface area contributed by atoms with Gasteiger partial charge in [-0.1, -0.05) is 25.0 Å². The Morgan fingerprint density at radius 3 is 2.59 bits per heavy atom. The molecule has 1 saturated carbocycles. The van der Waals surface area contributed by atoms with Gasteiger partial charge in [0.15, 0.2) is 0 Å². The molecule has 0 heterocycles. The van der Waals surface area contributed by atoms with E-state index in [1.54, 1.807) is 17.0 Å². The third kappa shape index (κ3) is 4.68. The summed E-state index contributed by atoms with van der Waals surface area (Å²) in [6.45, 7) is 2.62. The van der Waals surface area contributed by atoms with E-state index in [2.05, 4.69) is 0 Å². The number of carbonyl (C=O) groups excluding carboxylic acids is 1. The van der Waals surface area contributed by atoms with E-state index in [9.17, 15) is 9.18 Å². The number of benzene rings is 1. The number of hydrogen-bond acceptors (Lipinski definition) is 2. The fraction of sp³-hybridized carbons (Fsp3) is 0.588. The van der Waals surface area contributed by atoms with Crippen LogP contribution in [0, 0.1) is 11.7 Å². The molecule has 1 aromatic carbocycles. The van der Waals surface area contributed by atoms with E-state index >= 15 is 0 Å². The normalized spacial score (nSPS) is 24.5. The van der Waals surface area contributed by atoms with Crippen LogP contribution in [0.3, 0.4) is 0 Å². The highest BCUT2D eigenvalue weighted by atomic mass is 35.5. The largest absolute Gasteiger partial charge is 0.345 e. The van der Waals surface area contributed by atoms with Crippen LogP contribution in [-0.4, -0.2) is 29.9 Å². The van der Waals surface area contributed by atoms with Crippen molar-refractivity contribution in [3.63, 3.8) is 0 Å². The van der Waals surface area contributed by atoms with Gasteiger partial charge >= 0.3 is 0 Å². The van der Waals surface area contributed by atoms with E-state index in [4.69, 9.17) is 5.73 Å². The van der Waals surface area contributed by atoms with Gasteiger partial charge in [-0.3, -0.25) is 4.79 Å². The van der Waals surface area contributed by atoms with Crippen LogP contribution in [0.5, 0.6) is 0 Å². The highest BCUT2D eigenvalue weighted by Crippen LogP contribution is 2.32. The molecule has 0 aliphatic heterocycles. The Hall–Kier alpha value is -1.13. The summed E-state index contributed by atoms with van der Waals surface area (Å²) < 4.78 is 12.9. The minimum atomic E-state index is -0.389. The number of carbonyl (C=O) groups is 1. The van der Waals surface area contributed by atoms with Crippen molar-refractivity contribution in [2.24, 2.45) is 11.7 Å². The van der Waals surface area contributed by atoms with Crippen LogP contribution in [0.4, 0.5) is 4.39 Å². The van der Waals surface area contributed by atoms with E-state index in [0.717, 1.165) is 37.7 Å². The van der Waals surface area contributed by atoms with E-state index in [0.29, 0.717) is 6.54 Å². The molecule has 22 heavy (non-hydrogen) atoms. The Labute approximate surface area is 138 Å². The molecule has 2 atom stereocenters. The molecule has 3 nitrogen and oxygen atoms in total. The second kappa shape index (κ2) is 7.93. The van der Waals surface area contributed by atoms with Crippen molar-refractivity contribution in [3.8, 4) is 0 Å². The van der Waals surface area contributed by atoms with Crippen LogP contribution in [0.2, 0.25) is 0 Å². The lowest BCUT2D eigenvalue weighted by molar-refractivity contribution is -0.137. The van der Waals surface area contributed by atoms with Crippen LogP contribution < -0.4 is 5.73 Å². The highest BCUT2D eigenvalue weighted by Gasteiger charge is 2.38. The number of amides is 1. The Bertz CT molecular complexity index is 490. The van der Waals surface area contributed by atoms with E-state index < -0.39 is 0 Å². The van der Waals surface area contributed by atoms with Crippen LogP contribution in [-0.2, 0) is 11.2 Å². The SMILES string of the molecule is CN(CCc1ccc(F)cc1)C(=O)C1CCCCC1(C)N.Cl. The average Bonchev–Trinajstić information content (AvgIpc) is 2.45. The molecule has 2 N–H and O–H groups in total. The minimum absolute atomic E-state index is 0. The van der Waals surface area contributed by atoms with Gasteiger partial charge in [0.1, 0.15) is 5.82 Å². The van der Waals surface area contributed by atoms with Crippen molar-refractivity contribution in [1.29, 1.82) is 0 Å². The summed E-state index contributed by atoms with van der Waals surface area (Å²) in [4.78, 5) is 14.3. The van der Waals surface area contributed by atoms with Crippen LogP contribution in [0.1, 0.15) is 38.2 Å². The molecule has 0 aromatic heterocycles. The van der Waals surface area contributed by atoms with Crippen LogP contribution in [0.15, 0.2) is 24.3 Å². The van der Waals surface area contributed by atoms with Crippen molar-refractivity contribution in [2.75, 3.05) is 13.6 Å². The fourth-order valence-electron chi connectivity index (χ4n) is 3.09. The number of nitrogens with two attached hydrogens (primary N) is 1. The van der Waals surface area contributed by atoms with Gasteiger partial charge in [-0.25, -0.2) is 4.39 Å². The summed E-state index contributed by atoms with van der Waals surface area (Å²) in [6, 6.07) is 6.44. The zero-order valence-electron chi connectivity index (χ0n) is 13.3. The van der Waals surface area contributed by atoms with Gasteiger partial charge in [0.25, 0.3) is 0 Å². The highest BCUT2D eigenvalue weighted by molar-refractivity contribution is 5.85. The lowest BCUT2D eigenvalue weighted by atomic mass is 9.74. The predicted molar refractivity (Wildman–Crippen MR) is 89.5 cm³/mol. The average molecular weight is 329 g/mol. The fourth-order valence-corrected chi connectivity index (χ4v) is 3.09. The molecule has 1 aliphatic rings. The summed E-state index contributed by atoms with van der Waals surface area (Å²) >= 11 is 0. The molecule has 0 bridgehead atoms. The summed E-state index contributed by atoms with van der Waals surface area (Å²) in [5.41, 5.74) is 6.94. The minimum Gasteiger partial charge on any atom is -0.345 e. The van der Waals surface area contributed by atoms with Crippen molar-refractivity contribution in [2.45, 2.75) is 44.6 Å². The monoisotopic (exact) mass is 328 g/mol. The summed E-state index contributed by atoms with van der Waals surface area (Å²) in [5, 5.41) is 0. The Morgan fingerprint density at radius 1 is 1.36 bits per heavy atom. The molecular weight excluding hydrogens is 303 g/mol. The van der Waals surface area contributed by atoms with Crippen molar-refractivity contribution in [3.05, 3.63) is 35.6 Å². The van der Waals surface area contributed by atoms with Gasteiger partial charge in [0.2, 0.25) is 5.91 Å². The first-order valence-corrected chi connectivity index (χ1v) is 7.68. The maximum atomic E-state index is 12.9. The van der Waals surface area contributed by atoms with Crippen LogP contribution in [0.25, 0.3) is 0 Å². The number of nitrogens with zero attached hydrogens (tertiary/aromatic N) is 1. The molecule has 1 aliphatic carbocycles. The number of halogens is 2. The zero-order chi connectivity index (χ0) is 15.5. The van der Waals surface area contributed by atoms with E-state index in [-0.39, 0.29) is 35.6 Å². The third-order valence-corrected chi connectivity index (χ3v) is 4.58. The quantitative estimate of drug-likeness (QED) is 0.922. The maximum absolute atomic E-state index is 12.9. The van der Waals surface area contributed by atoms with Crippen molar-refractivity contribution < 1.29 is 9.18 Å². The Morgan fingerprint density at radius 2 is 2.00 bits per heavy atom. The topological polar surface area (TPSA) is 46.3 Å². The van der Waals surface area contributed by atoms with Gasteiger partial charge in [-0.15, -0.1) is 12.4 Å². The number of hydrogen-bond donors (Lipinski definition) is 1. The molecule has 1 amide bonds. The molecule has 2 unspecified atom stereocenters. The molecule has 1 aromatic rings. The van der Waals surface area contributed by atoms with Gasteiger partial charge in [-0.05, 0) is 43.9 Å². The van der Waals surface area contributed by atoms with Gasteiger partial charge in [0.05, 0.1) is 5.92 Å². The molecule has 0 saturated heterocycles. The first-order valence-electron chi connectivity index (χ1n) is 7.68. The van der Waals surface area contributed by atoms with Crippen molar-refractivity contribution in [1.82, 2.24) is 4.90 Å². The summed E-state index contributed by atoms with van der Waals surface area (Å²) in [6.07, 6.45) is 4.71. The molecular formula is C17H26ClFN2O. The van der Waals surface area contributed by atoms with Crippen LogP contribution >= 0.6 is 12.4 Å². The Kier molecular flexibility index (Phi) is 6.82. The molecule has 0 radical (unpaired) electrons. The van der Waals surface area contributed by atoms with Gasteiger partial charge in [0, 0.05) is 19.1 Å². The summed E-state index contributed by atoms with van der Waals surface area (Å²) in [5.74, 6) is -0.171. The molecule has 124 valence electrons. The zero-order valence-corrected chi connectivity index (χ0v) is 14.2. The lowest BCUT2D eigenvalue weighted by Crippen LogP contribution is -2.53. The Balaban J connectivity index is 0.00000242. The molecule has 2 rings (SSSR count). The number of likely N-dealkylation sites (N-methyl/N-ethyl adjacent to an activating group) is 1. The second-order valence-electron chi connectivity index (χ2n) is 6.44. The smallest absolute Gasteiger partial charge is 0.227 e. The molecule has 1 fully saturated rings. The summed E-state index contributed by atoms with van der Waals surface area (Å²) in [7, 11) is 1.83. The third-order valence-electron chi connectivity index (χ3n) is 4.58. The predicted octanol–water partition coefficient (Wildman–Crippen LogP) is 3.16. The van der Waals surface area contributed by atoms with Gasteiger partial charge in [-0.2, -0.15) is 0 Å². The van der Waals surface area contributed by atoms with Crippen molar-refractivity contribution >= 4 is 18.3 Å². The molecule has 5 heteroatoms. The lowest BCUT2D eigenvalue weighted by Gasteiger charge is -2.39. The first kappa shape index (κ1) is 18.9.